The molecule has 0 aliphatic heterocycles. The quantitative estimate of drug-likeness (QED) is 0.602. The maximum absolute atomic E-state index is 6.06. The van der Waals surface area contributed by atoms with Gasteiger partial charge in [-0.1, -0.05) is 11.6 Å². The van der Waals surface area contributed by atoms with Gasteiger partial charge in [-0.15, -0.1) is 0 Å². The van der Waals surface area contributed by atoms with E-state index < -0.39 is 0 Å². The fraction of sp³-hybridized carbons (Fsp3) is 0.111. The van der Waals surface area contributed by atoms with Gasteiger partial charge in [-0.2, -0.15) is 0 Å². The van der Waals surface area contributed by atoms with E-state index in [-0.39, 0.29) is 0 Å². The molecule has 0 saturated carbocycles. The van der Waals surface area contributed by atoms with Crippen molar-refractivity contribution in [3.63, 3.8) is 0 Å². The van der Waals surface area contributed by atoms with E-state index in [9.17, 15) is 0 Å². The third-order valence-corrected chi connectivity index (χ3v) is 2.54. The molecule has 0 radical (unpaired) electrons. The molecule has 3 N–H and O–H groups in total. The van der Waals surface area contributed by atoms with Crippen LogP contribution in [0.3, 0.4) is 0 Å². The van der Waals surface area contributed by atoms with Crippen molar-refractivity contribution >= 4 is 28.2 Å². The fourth-order valence-corrected chi connectivity index (χ4v) is 1.55. The highest BCUT2D eigenvalue weighted by atomic mass is 35.5. The van der Waals surface area contributed by atoms with E-state index in [4.69, 9.17) is 17.3 Å². The Kier molecular flexibility index (Phi) is 1.51. The normalized spacial score (nSPS) is 10.8. The first kappa shape index (κ1) is 7.50. The van der Waals surface area contributed by atoms with Gasteiger partial charge in [0.25, 0.3) is 0 Å². The van der Waals surface area contributed by atoms with E-state index in [1.54, 1.807) is 0 Å². The van der Waals surface area contributed by atoms with Crippen LogP contribution >= 0.6 is 11.6 Å². The summed E-state index contributed by atoms with van der Waals surface area (Å²) in [6.07, 6.45) is 1.86. The number of hydrogen-bond acceptors (Lipinski definition) is 1. The van der Waals surface area contributed by atoms with Crippen LogP contribution in [0.25, 0.3) is 10.9 Å². The fourth-order valence-electron chi connectivity index (χ4n) is 1.28. The van der Waals surface area contributed by atoms with Gasteiger partial charge < -0.3 is 10.7 Å². The van der Waals surface area contributed by atoms with Crippen molar-refractivity contribution < 1.29 is 0 Å². The van der Waals surface area contributed by atoms with E-state index in [0.717, 1.165) is 27.2 Å². The van der Waals surface area contributed by atoms with Crippen LogP contribution in [0.15, 0.2) is 18.3 Å². The van der Waals surface area contributed by atoms with Crippen molar-refractivity contribution in [1.29, 1.82) is 0 Å². The van der Waals surface area contributed by atoms with Gasteiger partial charge in [0.05, 0.1) is 10.5 Å². The molecular formula is C9H9ClN2. The maximum Gasteiger partial charge on any atom is 0.0696 e. The Morgan fingerprint density at radius 1 is 1.50 bits per heavy atom. The van der Waals surface area contributed by atoms with Crippen LogP contribution in [0.2, 0.25) is 5.02 Å². The first-order valence-electron chi connectivity index (χ1n) is 3.72. The molecular weight excluding hydrogens is 172 g/mol. The summed E-state index contributed by atoms with van der Waals surface area (Å²) in [7, 11) is 0. The van der Waals surface area contributed by atoms with E-state index >= 15 is 0 Å². The number of rotatable bonds is 0. The van der Waals surface area contributed by atoms with Crippen LogP contribution in [0, 0.1) is 6.92 Å². The topological polar surface area (TPSA) is 41.8 Å². The summed E-state index contributed by atoms with van der Waals surface area (Å²) in [6.45, 7) is 1.91. The van der Waals surface area contributed by atoms with Crippen molar-refractivity contribution in [2.45, 2.75) is 6.92 Å². The average molecular weight is 181 g/mol. The molecule has 2 nitrogen and oxygen atoms in total. The van der Waals surface area contributed by atoms with Crippen molar-refractivity contribution in [2.24, 2.45) is 0 Å². The van der Waals surface area contributed by atoms with Crippen molar-refractivity contribution in [1.82, 2.24) is 4.98 Å². The van der Waals surface area contributed by atoms with Crippen LogP contribution in [0.1, 0.15) is 5.56 Å². The number of aromatic amines is 1. The smallest absolute Gasteiger partial charge is 0.0696 e. The number of nitrogens with two attached hydrogens (primary N) is 1. The summed E-state index contributed by atoms with van der Waals surface area (Å²) in [5.74, 6) is 0. The van der Waals surface area contributed by atoms with E-state index in [2.05, 4.69) is 4.98 Å². The van der Waals surface area contributed by atoms with Crippen LogP contribution in [-0.4, -0.2) is 4.98 Å². The number of benzene rings is 1. The Morgan fingerprint density at radius 2 is 2.25 bits per heavy atom. The van der Waals surface area contributed by atoms with Gasteiger partial charge in [-0.25, -0.2) is 0 Å². The third kappa shape index (κ3) is 0.883. The average Bonchev–Trinajstić information content (AvgIpc) is 2.48. The molecule has 0 unspecified atom stereocenters. The minimum atomic E-state index is 0.718. The lowest BCUT2D eigenvalue weighted by atomic mass is 10.1. The van der Waals surface area contributed by atoms with Crippen molar-refractivity contribution in [3.05, 3.63) is 28.9 Å². The van der Waals surface area contributed by atoms with Gasteiger partial charge in [-0.05, 0) is 24.6 Å². The number of halogens is 1. The van der Waals surface area contributed by atoms with Gasteiger partial charge >= 0.3 is 0 Å². The van der Waals surface area contributed by atoms with Gasteiger partial charge in [0.2, 0.25) is 0 Å². The standard InChI is InChI=1S/C9H9ClN2/c1-5-7(11)4-6-2-3-12-9(6)8(5)10/h2-4,12H,11H2,1H3. The lowest BCUT2D eigenvalue weighted by Crippen LogP contribution is -1.90. The zero-order valence-corrected chi connectivity index (χ0v) is 7.44. The van der Waals surface area contributed by atoms with Crippen LogP contribution in [-0.2, 0) is 0 Å². The molecule has 0 bridgehead atoms. The minimum Gasteiger partial charge on any atom is -0.398 e. The highest BCUT2D eigenvalue weighted by Crippen LogP contribution is 2.29. The highest BCUT2D eigenvalue weighted by Gasteiger charge is 2.05. The summed E-state index contributed by atoms with van der Waals surface area (Å²) in [5, 5.41) is 1.78. The molecule has 0 saturated heterocycles. The van der Waals surface area contributed by atoms with Crippen LogP contribution in [0.4, 0.5) is 5.69 Å². The largest absolute Gasteiger partial charge is 0.398 e. The number of fused-ring (bicyclic) bond motifs is 1. The number of aromatic nitrogens is 1. The van der Waals surface area contributed by atoms with Gasteiger partial charge in [-0.3, -0.25) is 0 Å². The second-order valence-electron chi connectivity index (χ2n) is 2.85. The molecule has 1 heterocycles. The Balaban J connectivity index is 2.94. The zero-order chi connectivity index (χ0) is 8.72. The van der Waals surface area contributed by atoms with Gasteiger partial charge in [0.15, 0.2) is 0 Å². The molecule has 0 aliphatic carbocycles. The molecule has 0 fully saturated rings. The molecule has 2 aromatic rings. The predicted octanol–water partition coefficient (Wildman–Crippen LogP) is 2.71. The Labute approximate surface area is 75.3 Å². The summed E-state index contributed by atoms with van der Waals surface area (Å²) in [6, 6.07) is 3.88. The Hall–Kier alpha value is -1.15. The van der Waals surface area contributed by atoms with Gasteiger partial charge in [0.1, 0.15) is 0 Å². The second-order valence-corrected chi connectivity index (χ2v) is 3.22. The highest BCUT2D eigenvalue weighted by molar-refractivity contribution is 6.36. The number of anilines is 1. The number of nitrogen functional groups attached to an aromatic ring is 1. The lowest BCUT2D eigenvalue weighted by Gasteiger charge is -2.03. The number of hydrogen-bond donors (Lipinski definition) is 2. The molecule has 0 amide bonds. The van der Waals surface area contributed by atoms with Crippen LogP contribution < -0.4 is 5.73 Å². The summed E-state index contributed by atoms with van der Waals surface area (Å²) < 4.78 is 0. The number of H-pyrrole nitrogens is 1. The lowest BCUT2D eigenvalue weighted by molar-refractivity contribution is 1.44. The molecule has 3 heteroatoms. The SMILES string of the molecule is Cc1c(N)cc2cc[nH]c2c1Cl. The van der Waals surface area contributed by atoms with E-state index in [1.807, 2.05) is 25.3 Å². The Bertz CT molecular complexity index is 431. The van der Waals surface area contributed by atoms with E-state index in [0.29, 0.717) is 0 Å². The zero-order valence-electron chi connectivity index (χ0n) is 6.69. The molecule has 2 rings (SSSR count). The monoisotopic (exact) mass is 180 g/mol. The van der Waals surface area contributed by atoms with E-state index in [1.165, 1.54) is 0 Å². The summed E-state index contributed by atoms with van der Waals surface area (Å²) >= 11 is 6.06. The second kappa shape index (κ2) is 2.42. The van der Waals surface area contributed by atoms with Crippen molar-refractivity contribution in [3.8, 4) is 0 Å². The van der Waals surface area contributed by atoms with Crippen molar-refractivity contribution in [2.75, 3.05) is 5.73 Å². The minimum absolute atomic E-state index is 0.718. The van der Waals surface area contributed by atoms with Crippen LogP contribution in [0.5, 0.6) is 0 Å². The first-order chi connectivity index (χ1) is 5.70. The maximum atomic E-state index is 6.06. The summed E-state index contributed by atoms with van der Waals surface area (Å²) in [5.41, 5.74) is 8.39. The molecule has 0 atom stereocenters. The molecule has 0 spiro atoms. The number of nitrogens with one attached hydrogen (secondary N) is 1. The molecule has 0 aliphatic rings. The molecule has 1 aromatic carbocycles. The Morgan fingerprint density at radius 3 is 3.00 bits per heavy atom. The first-order valence-corrected chi connectivity index (χ1v) is 4.09. The molecule has 1 aromatic heterocycles. The predicted molar refractivity (Wildman–Crippen MR) is 52.5 cm³/mol. The molecule has 12 heavy (non-hydrogen) atoms. The summed E-state index contributed by atoms with van der Waals surface area (Å²) in [4.78, 5) is 3.07. The molecule has 62 valence electrons. The van der Waals surface area contributed by atoms with Gasteiger partial charge in [0, 0.05) is 17.3 Å². The third-order valence-electron chi connectivity index (χ3n) is 2.07.